The van der Waals surface area contributed by atoms with Crippen LogP contribution in [0, 0.1) is 0 Å². The fourth-order valence-electron chi connectivity index (χ4n) is 2.64. The normalized spacial score (nSPS) is 12.7. The molecule has 0 bridgehead atoms. The third-order valence-corrected chi connectivity index (χ3v) is 6.67. The van der Waals surface area contributed by atoms with Gasteiger partial charge < -0.3 is 10.2 Å². The minimum atomic E-state index is -5.04. The predicted molar refractivity (Wildman–Crippen MR) is 111 cm³/mol. The van der Waals surface area contributed by atoms with Gasteiger partial charge in [0.25, 0.3) is 30.4 Å². The van der Waals surface area contributed by atoms with Crippen molar-refractivity contribution in [1.82, 2.24) is 0 Å². The number of rotatable bonds is 5. The fraction of sp³-hybridized carbons (Fsp3) is 0. The number of hydrogen-bond acceptors (Lipinski definition) is 10. The van der Waals surface area contributed by atoms with Crippen molar-refractivity contribution < 1.29 is 70.8 Å². The van der Waals surface area contributed by atoms with Crippen LogP contribution in [-0.4, -0.2) is 49.1 Å². The van der Waals surface area contributed by atoms with Gasteiger partial charge in [-0.3, -0.25) is 13.7 Å². The number of phenolic OH excluding ortho intramolecular Hbond substituents is 2. The zero-order valence-corrected chi connectivity index (χ0v) is 19.5. The maximum atomic E-state index is 11.6. The SMILES string of the molecule is O=S(=O)(O)c1ccc(O)c(N=Nc2c(O)c(S(=O)(=O)O)cc3cc(S(=O)(=O)O)ccc23)c1.[Cr].[H+].[H+].[H+]. The summed E-state index contributed by atoms with van der Waals surface area (Å²) in [6, 6.07) is 6.01. The van der Waals surface area contributed by atoms with Gasteiger partial charge in [-0.15, -0.1) is 10.2 Å². The van der Waals surface area contributed by atoms with Gasteiger partial charge in [-0.05, 0) is 41.8 Å². The second-order valence-electron chi connectivity index (χ2n) is 6.23. The van der Waals surface area contributed by atoms with E-state index in [2.05, 4.69) is 10.2 Å². The molecule has 3 aromatic rings. The molecule has 3 rings (SSSR count). The van der Waals surface area contributed by atoms with Crippen LogP contribution < -0.4 is 0 Å². The Bertz CT molecular complexity index is 1630. The summed E-state index contributed by atoms with van der Waals surface area (Å²) < 4.78 is 96.2. The van der Waals surface area contributed by atoms with Crippen molar-refractivity contribution in [3.63, 3.8) is 0 Å². The van der Waals surface area contributed by atoms with Crippen molar-refractivity contribution in [2.24, 2.45) is 10.2 Å². The summed E-state index contributed by atoms with van der Waals surface area (Å²) in [6.07, 6.45) is 0. The van der Waals surface area contributed by atoms with Crippen molar-refractivity contribution >= 4 is 52.5 Å². The first-order valence-electron chi connectivity index (χ1n) is 8.06. The molecule has 0 aliphatic carbocycles. The van der Waals surface area contributed by atoms with Gasteiger partial charge >= 0.3 is 4.28 Å². The van der Waals surface area contributed by atoms with Gasteiger partial charge in [-0.1, -0.05) is 6.07 Å². The summed E-state index contributed by atoms with van der Waals surface area (Å²) in [5, 5.41) is 27.0. The topological polar surface area (TPSA) is 228 Å². The molecule has 33 heavy (non-hydrogen) atoms. The van der Waals surface area contributed by atoms with Gasteiger partial charge in [0, 0.05) is 22.7 Å². The molecule has 3 aromatic carbocycles. The summed E-state index contributed by atoms with van der Waals surface area (Å²) >= 11 is 0. The van der Waals surface area contributed by atoms with Gasteiger partial charge in [-0.25, -0.2) is 0 Å². The summed E-state index contributed by atoms with van der Waals surface area (Å²) in [4.78, 5) is -2.34. The van der Waals surface area contributed by atoms with E-state index in [4.69, 9.17) is 4.55 Å². The van der Waals surface area contributed by atoms with Crippen LogP contribution in [-0.2, 0) is 47.7 Å². The van der Waals surface area contributed by atoms with Crippen LogP contribution in [0.25, 0.3) is 10.8 Å². The molecule has 0 saturated heterocycles. The number of benzene rings is 3. The zero-order valence-electron chi connectivity index (χ0n) is 18.8. The largest absolute Gasteiger partial charge is 1.00 e. The molecule has 0 aromatic heterocycles. The molecule has 0 fully saturated rings. The molecule has 0 spiro atoms. The van der Waals surface area contributed by atoms with Crippen molar-refractivity contribution in [3.05, 3.63) is 42.5 Å². The van der Waals surface area contributed by atoms with Crippen LogP contribution in [0.4, 0.5) is 11.4 Å². The monoisotopic (exact) mass is 559 g/mol. The van der Waals surface area contributed by atoms with E-state index in [1.54, 1.807) is 0 Å². The number of azo groups is 1. The van der Waals surface area contributed by atoms with Gasteiger partial charge in [0.15, 0.2) is 5.75 Å². The molecular weight excluding hydrogens is 544 g/mol. The zero-order chi connectivity index (χ0) is 24.1. The Morgan fingerprint density at radius 2 is 1.24 bits per heavy atom. The molecule has 0 atom stereocenters. The van der Waals surface area contributed by atoms with Gasteiger partial charge in [0.2, 0.25) is 0 Å². The third kappa shape index (κ3) is 5.66. The molecule has 17 heteroatoms. The summed E-state index contributed by atoms with van der Waals surface area (Å²) in [6.45, 7) is 0. The van der Waals surface area contributed by atoms with E-state index >= 15 is 0 Å². The van der Waals surface area contributed by atoms with Crippen LogP contribution in [0.1, 0.15) is 4.28 Å². The molecule has 0 aliphatic heterocycles. The smallest absolute Gasteiger partial charge is 0.506 e. The van der Waals surface area contributed by atoms with Crippen LogP contribution in [0.15, 0.2) is 67.4 Å². The van der Waals surface area contributed by atoms with E-state index in [0.717, 1.165) is 42.5 Å². The van der Waals surface area contributed by atoms with Crippen LogP contribution in [0.5, 0.6) is 11.5 Å². The first-order valence-corrected chi connectivity index (χ1v) is 12.4. The van der Waals surface area contributed by atoms with Gasteiger partial charge in [-0.2, -0.15) is 25.3 Å². The maximum absolute atomic E-state index is 11.6. The number of nitrogens with zero attached hydrogens (tertiary/aromatic N) is 2. The van der Waals surface area contributed by atoms with E-state index < -0.39 is 67.9 Å². The molecule has 176 valence electrons. The van der Waals surface area contributed by atoms with Crippen molar-refractivity contribution in [2.45, 2.75) is 14.7 Å². The van der Waals surface area contributed by atoms with E-state index in [1.165, 1.54) is 0 Å². The Balaban J connectivity index is 0. The average molecular weight is 559 g/mol. The minimum absolute atomic E-state index is 0. The Morgan fingerprint density at radius 3 is 1.79 bits per heavy atom. The number of fused-ring (bicyclic) bond motifs is 1. The van der Waals surface area contributed by atoms with Crippen molar-refractivity contribution in [1.29, 1.82) is 0 Å². The second-order valence-corrected chi connectivity index (χ2v) is 10.5. The fourth-order valence-corrected chi connectivity index (χ4v) is 4.27. The average Bonchev–Trinajstić information content (AvgIpc) is 2.65. The molecule has 13 nitrogen and oxygen atoms in total. The summed E-state index contributed by atoms with van der Waals surface area (Å²) in [5.74, 6) is -1.68. The summed E-state index contributed by atoms with van der Waals surface area (Å²) in [5.41, 5.74) is -1.10. The van der Waals surface area contributed by atoms with Gasteiger partial charge in [0.05, 0.1) is 9.79 Å². The Hall–Kier alpha value is -2.62. The van der Waals surface area contributed by atoms with Crippen molar-refractivity contribution in [3.8, 4) is 11.5 Å². The molecule has 0 heterocycles. The van der Waals surface area contributed by atoms with Gasteiger partial charge in [0.1, 0.15) is 22.0 Å². The van der Waals surface area contributed by atoms with E-state index in [1.807, 2.05) is 0 Å². The minimum Gasteiger partial charge on any atom is -0.506 e. The molecule has 0 aliphatic rings. The second kappa shape index (κ2) is 8.97. The third-order valence-electron chi connectivity index (χ3n) is 4.10. The predicted octanol–water partition coefficient (Wildman–Crippen LogP) is 2.74. The van der Waals surface area contributed by atoms with Crippen LogP contribution >= 0.6 is 0 Å². The maximum Gasteiger partial charge on any atom is 1.00 e. The molecule has 0 unspecified atom stereocenters. The quantitative estimate of drug-likeness (QED) is 0.225. The van der Waals surface area contributed by atoms with Crippen molar-refractivity contribution in [2.75, 3.05) is 0 Å². The molecule has 0 radical (unpaired) electrons. The molecule has 5 N–H and O–H groups in total. The number of aromatic hydroxyl groups is 2. The van der Waals surface area contributed by atoms with Crippen LogP contribution in [0.2, 0.25) is 0 Å². The molecule has 0 saturated carbocycles. The Labute approximate surface area is 201 Å². The van der Waals surface area contributed by atoms with E-state index in [9.17, 15) is 44.6 Å². The molecular formula is C16H15CrN2O11S3+3. The van der Waals surface area contributed by atoms with Crippen LogP contribution in [0.3, 0.4) is 0 Å². The summed E-state index contributed by atoms with van der Waals surface area (Å²) in [7, 11) is -14.4. The van der Waals surface area contributed by atoms with E-state index in [0.29, 0.717) is 0 Å². The van der Waals surface area contributed by atoms with E-state index in [-0.39, 0.29) is 32.4 Å². The standard InChI is InChI=1S/C16H12N2O11S3.Cr/c19-13-4-2-10(31(24,25)26)7-12(13)17-18-15-11-3-1-9(30(21,22)23)5-8(11)6-14(16(15)20)32(27,28)29;/h1-7,19-20H,(H,21,22,23)(H,24,25,26)(H,27,28,29);/p+3. The first kappa shape index (κ1) is 26.6. The molecule has 0 amide bonds. The Morgan fingerprint density at radius 1 is 0.697 bits per heavy atom. The first-order chi connectivity index (χ1) is 14.6. The Kier molecular flexibility index (Phi) is 7.24. The number of hydrogen-bond donors (Lipinski definition) is 5. The number of phenols is 2.